The first-order valence-corrected chi connectivity index (χ1v) is 2.23. The molecule has 1 saturated carbocycles. The Balaban J connectivity index is 2.08. The molecule has 1 aliphatic rings. The fourth-order valence-electron chi connectivity index (χ4n) is 0.500. The zero-order valence-corrected chi connectivity index (χ0v) is 3.57. The molecule has 1 radical (unpaired) electrons. The van der Waals surface area contributed by atoms with Crippen molar-refractivity contribution in [3.05, 3.63) is 6.42 Å². The van der Waals surface area contributed by atoms with E-state index in [4.69, 9.17) is 0 Å². The molecule has 1 atom stereocenters. The molecule has 0 bridgehead atoms. The van der Waals surface area contributed by atoms with E-state index in [-0.39, 0.29) is 0 Å². The predicted octanol–water partition coefficient (Wildman–Crippen LogP) is 1.62. The number of rotatable bonds is 0. The van der Waals surface area contributed by atoms with Gasteiger partial charge in [-0.2, -0.15) is 0 Å². The van der Waals surface area contributed by atoms with Crippen LogP contribution in [0.5, 0.6) is 0 Å². The molecule has 1 aliphatic carbocycles. The van der Waals surface area contributed by atoms with Crippen LogP contribution in [0.25, 0.3) is 0 Å². The summed E-state index contributed by atoms with van der Waals surface area (Å²) < 4.78 is 0. The summed E-state index contributed by atoms with van der Waals surface area (Å²) in [6, 6.07) is 0. The molecule has 1 unspecified atom stereocenters. The molecule has 0 spiro atoms. The van der Waals surface area contributed by atoms with Gasteiger partial charge in [-0.15, -0.1) is 0 Å². The van der Waals surface area contributed by atoms with Gasteiger partial charge in [-0.1, -0.05) is 13.3 Å². The third kappa shape index (κ3) is 0.444. The Kier molecular flexibility index (Phi) is 0.640. The summed E-state index contributed by atoms with van der Waals surface area (Å²) in [7, 11) is 0. The van der Waals surface area contributed by atoms with Crippen molar-refractivity contribution in [1.29, 1.82) is 0 Å². The lowest BCUT2D eigenvalue weighted by atomic mass is 9.88. The molecule has 29 valence electrons. The van der Waals surface area contributed by atoms with Crippen molar-refractivity contribution in [2.75, 3.05) is 0 Å². The van der Waals surface area contributed by atoms with E-state index in [2.05, 4.69) is 13.3 Å². The van der Waals surface area contributed by atoms with Gasteiger partial charge in [0.05, 0.1) is 0 Å². The highest BCUT2D eigenvalue weighted by Gasteiger charge is 2.09. The Morgan fingerprint density at radius 2 is 2.20 bits per heavy atom. The van der Waals surface area contributed by atoms with Gasteiger partial charge >= 0.3 is 0 Å². The second-order valence-electron chi connectivity index (χ2n) is 1.79. The zero-order valence-electron chi connectivity index (χ0n) is 3.57. The van der Waals surface area contributed by atoms with Gasteiger partial charge in [0.15, 0.2) is 0 Å². The minimum Gasteiger partial charge on any atom is -0.0622 e. The lowest BCUT2D eigenvalue weighted by molar-refractivity contribution is 0.472. The normalized spacial score (nSPS) is 25.8. The van der Waals surface area contributed by atoms with Gasteiger partial charge in [0.1, 0.15) is 0 Å². The predicted molar refractivity (Wildman–Crippen MR) is 22.7 cm³/mol. The molecule has 0 aromatic heterocycles. The highest BCUT2D eigenvalue weighted by atomic mass is 14.1. The topological polar surface area (TPSA) is 0 Å². The van der Waals surface area contributed by atoms with Crippen LogP contribution in [0.2, 0.25) is 0 Å². The third-order valence-corrected chi connectivity index (χ3v) is 1.19. The molecule has 0 saturated heterocycles. The van der Waals surface area contributed by atoms with Crippen LogP contribution >= 0.6 is 0 Å². The Morgan fingerprint density at radius 1 is 1.80 bits per heavy atom. The van der Waals surface area contributed by atoms with Crippen molar-refractivity contribution in [2.24, 2.45) is 5.92 Å². The standard InChI is InChI=1S/C5H9/c1-5-3-2-4-5/h3,5H,2,4H2,1H3. The average molecular weight is 69.1 g/mol. The van der Waals surface area contributed by atoms with Crippen LogP contribution in [0.4, 0.5) is 0 Å². The summed E-state index contributed by atoms with van der Waals surface area (Å²) >= 11 is 0. The van der Waals surface area contributed by atoms with Crippen LogP contribution < -0.4 is 0 Å². The van der Waals surface area contributed by atoms with Gasteiger partial charge in [0, 0.05) is 0 Å². The summed E-state index contributed by atoms with van der Waals surface area (Å²) in [4.78, 5) is 0. The van der Waals surface area contributed by atoms with Crippen molar-refractivity contribution in [3.8, 4) is 0 Å². The van der Waals surface area contributed by atoms with Gasteiger partial charge < -0.3 is 0 Å². The Labute approximate surface area is 33.2 Å². The molecule has 0 aromatic rings. The highest BCUT2D eigenvalue weighted by Crippen LogP contribution is 2.22. The van der Waals surface area contributed by atoms with Crippen molar-refractivity contribution >= 4 is 0 Å². The van der Waals surface area contributed by atoms with Gasteiger partial charge in [-0.25, -0.2) is 0 Å². The van der Waals surface area contributed by atoms with E-state index < -0.39 is 0 Å². The molecule has 1 rings (SSSR count). The first kappa shape index (κ1) is 3.20. The quantitative estimate of drug-likeness (QED) is 0.405. The molecule has 0 heteroatoms. The van der Waals surface area contributed by atoms with E-state index in [1.54, 1.807) is 0 Å². The summed E-state index contributed by atoms with van der Waals surface area (Å²) in [5.41, 5.74) is 0. The van der Waals surface area contributed by atoms with Crippen molar-refractivity contribution < 1.29 is 0 Å². The molecule has 0 amide bonds. The zero-order chi connectivity index (χ0) is 3.70. The monoisotopic (exact) mass is 69.1 g/mol. The lowest BCUT2D eigenvalue weighted by Gasteiger charge is -2.18. The van der Waals surface area contributed by atoms with E-state index >= 15 is 0 Å². The van der Waals surface area contributed by atoms with Crippen LogP contribution in [0.3, 0.4) is 0 Å². The number of hydrogen-bond donors (Lipinski definition) is 0. The second-order valence-corrected chi connectivity index (χ2v) is 1.79. The first-order valence-electron chi connectivity index (χ1n) is 2.23. The summed E-state index contributed by atoms with van der Waals surface area (Å²) in [6.45, 7) is 2.25. The molecule has 0 heterocycles. The molecule has 0 aliphatic heterocycles. The fourth-order valence-corrected chi connectivity index (χ4v) is 0.500. The van der Waals surface area contributed by atoms with E-state index in [1.807, 2.05) is 0 Å². The van der Waals surface area contributed by atoms with Crippen LogP contribution in [0.15, 0.2) is 0 Å². The maximum Gasteiger partial charge on any atom is -0.0357 e. The molecule has 0 nitrogen and oxygen atoms in total. The Hall–Kier alpha value is 0. The Bertz CT molecular complexity index is 27.0. The van der Waals surface area contributed by atoms with Crippen molar-refractivity contribution in [1.82, 2.24) is 0 Å². The SMILES string of the molecule is CC1[CH]CC1. The average Bonchev–Trinajstić information content (AvgIpc) is 1.30. The molecule has 0 aromatic carbocycles. The Morgan fingerprint density at radius 3 is 2.20 bits per heavy atom. The van der Waals surface area contributed by atoms with Crippen LogP contribution in [0, 0.1) is 12.3 Å². The smallest absolute Gasteiger partial charge is 0.0357 e. The van der Waals surface area contributed by atoms with Gasteiger partial charge in [0.25, 0.3) is 0 Å². The van der Waals surface area contributed by atoms with Crippen molar-refractivity contribution in [2.45, 2.75) is 19.8 Å². The molecule has 1 fully saturated rings. The maximum atomic E-state index is 2.35. The summed E-state index contributed by atoms with van der Waals surface area (Å²) in [5.74, 6) is 0.940. The van der Waals surface area contributed by atoms with E-state index in [1.165, 1.54) is 12.8 Å². The molecule has 0 N–H and O–H groups in total. The minimum absolute atomic E-state index is 0.940. The van der Waals surface area contributed by atoms with Gasteiger partial charge in [-0.05, 0) is 18.8 Å². The second kappa shape index (κ2) is 1.00. The van der Waals surface area contributed by atoms with Gasteiger partial charge in [0.2, 0.25) is 0 Å². The van der Waals surface area contributed by atoms with E-state index in [9.17, 15) is 0 Å². The van der Waals surface area contributed by atoms with Crippen LogP contribution in [-0.4, -0.2) is 0 Å². The number of hydrogen-bond acceptors (Lipinski definition) is 0. The first-order chi connectivity index (χ1) is 2.39. The minimum atomic E-state index is 0.940. The summed E-state index contributed by atoms with van der Waals surface area (Å²) in [5, 5.41) is 0. The maximum absolute atomic E-state index is 2.35. The molecule has 5 heavy (non-hydrogen) atoms. The van der Waals surface area contributed by atoms with Crippen molar-refractivity contribution in [3.63, 3.8) is 0 Å². The highest BCUT2D eigenvalue weighted by molar-refractivity contribution is 4.83. The van der Waals surface area contributed by atoms with E-state index in [0.29, 0.717) is 0 Å². The van der Waals surface area contributed by atoms with Gasteiger partial charge in [-0.3, -0.25) is 0 Å². The summed E-state index contributed by atoms with van der Waals surface area (Å²) in [6.07, 6.45) is 5.14. The third-order valence-electron chi connectivity index (χ3n) is 1.19. The molecular weight excluding hydrogens is 60.1 g/mol. The van der Waals surface area contributed by atoms with Crippen LogP contribution in [-0.2, 0) is 0 Å². The largest absolute Gasteiger partial charge is 0.0622 e. The fraction of sp³-hybridized carbons (Fsp3) is 0.800. The lowest BCUT2D eigenvalue weighted by Crippen LogP contribution is -2.05. The molecular formula is C5H9. The van der Waals surface area contributed by atoms with Crippen LogP contribution in [0.1, 0.15) is 19.8 Å². The van der Waals surface area contributed by atoms with E-state index in [0.717, 1.165) is 5.92 Å².